The number of nitrogens with zero attached hydrogens (tertiary/aromatic N) is 1. The van der Waals surface area contributed by atoms with Gasteiger partial charge in [0.05, 0.1) is 0 Å². The Kier molecular flexibility index (Phi) is 3.07. The number of nitrogens with one attached hydrogen (secondary N) is 1. The second kappa shape index (κ2) is 4.92. The number of hydrogen-bond acceptors (Lipinski definition) is 1. The first-order chi connectivity index (χ1) is 9.83. The van der Waals surface area contributed by atoms with Crippen LogP contribution in [0.1, 0.15) is 31.2 Å². The third-order valence-electron chi connectivity index (χ3n) is 5.53. The minimum atomic E-state index is 0.932. The molecule has 3 unspecified atom stereocenters. The van der Waals surface area contributed by atoms with Crippen LogP contribution >= 0.6 is 0 Å². The Balaban J connectivity index is 1.57. The molecule has 4 rings (SSSR count). The summed E-state index contributed by atoms with van der Waals surface area (Å²) in [4.78, 5) is 0. The van der Waals surface area contributed by atoms with Gasteiger partial charge in [-0.3, -0.25) is 0 Å². The SMILES string of the molecule is CNCc1ccc2c(ccn2CC2CC3CCC2C3)c1. The Hall–Kier alpha value is -1.28. The summed E-state index contributed by atoms with van der Waals surface area (Å²) in [6, 6.07) is 9.16. The average Bonchev–Trinajstić information content (AvgIpc) is 3.15. The number of fused-ring (bicyclic) bond motifs is 3. The van der Waals surface area contributed by atoms with E-state index in [1.54, 1.807) is 0 Å². The number of aromatic nitrogens is 1. The van der Waals surface area contributed by atoms with Crippen molar-refractivity contribution in [1.29, 1.82) is 0 Å². The second-order valence-electron chi connectivity index (χ2n) is 6.83. The van der Waals surface area contributed by atoms with Crippen molar-refractivity contribution in [2.24, 2.45) is 17.8 Å². The van der Waals surface area contributed by atoms with Crippen LogP contribution in [0, 0.1) is 17.8 Å². The lowest BCUT2D eigenvalue weighted by atomic mass is 9.89. The van der Waals surface area contributed by atoms with Crippen LogP contribution in [0.3, 0.4) is 0 Å². The molecule has 1 aromatic carbocycles. The maximum absolute atomic E-state index is 3.23. The molecule has 2 aliphatic rings. The molecule has 2 nitrogen and oxygen atoms in total. The summed E-state index contributed by atoms with van der Waals surface area (Å²) in [6.07, 6.45) is 8.26. The molecule has 0 radical (unpaired) electrons. The zero-order valence-corrected chi connectivity index (χ0v) is 12.3. The molecular weight excluding hydrogens is 244 g/mol. The van der Waals surface area contributed by atoms with E-state index < -0.39 is 0 Å². The van der Waals surface area contributed by atoms with Crippen molar-refractivity contribution in [3.63, 3.8) is 0 Å². The summed E-state index contributed by atoms with van der Waals surface area (Å²) in [6.45, 7) is 2.18. The van der Waals surface area contributed by atoms with Crippen molar-refractivity contribution in [2.75, 3.05) is 7.05 Å². The summed E-state index contributed by atoms with van der Waals surface area (Å²) in [7, 11) is 2.00. The molecule has 2 aromatic rings. The third-order valence-corrected chi connectivity index (χ3v) is 5.53. The highest BCUT2D eigenvalue weighted by Crippen LogP contribution is 2.49. The Morgan fingerprint density at radius 2 is 2.15 bits per heavy atom. The monoisotopic (exact) mass is 268 g/mol. The van der Waals surface area contributed by atoms with E-state index >= 15 is 0 Å². The Morgan fingerprint density at radius 3 is 2.90 bits per heavy atom. The van der Waals surface area contributed by atoms with Gasteiger partial charge in [-0.25, -0.2) is 0 Å². The molecule has 0 aliphatic heterocycles. The zero-order chi connectivity index (χ0) is 13.5. The molecule has 0 saturated heterocycles. The molecule has 1 heterocycles. The third kappa shape index (κ3) is 2.07. The minimum absolute atomic E-state index is 0.932. The average molecular weight is 268 g/mol. The van der Waals surface area contributed by atoms with Gasteiger partial charge in [-0.05, 0) is 73.2 Å². The summed E-state index contributed by atoms with van der Waals surface area (Å²) >= 11 is 0. The highest BCUT2D eigenvalue weighted by molar-refractivity contribution is 5.80. The molecule has 1 N–H and O–H groups in total. The standard InChI is InChI=1S/C18H24N2/c1-19-11-14-3-5-18-16(10-14)6-7-20(18)12-17-9-13-2-4-15(17)8-13/h3,5-7,10,13,15,17,19H,2,4,8-9,11-12H2,1H3. The molecule has 2 fully saturated rings. The van der Waals surface area contributed by atoms with Crippen molar-refractivity contribution in [3.8, 4) is 0 Å². The van der Waals surface area contributed by atoms with Gasteiger partial charge >= 0.3 is 0 Å². The van der Waals surface area contributed by atoms with Crippen LogP contribution in [-0.2, 0) is 13.1 Å². The van der Waals surface area contributed by atoms with E-state index in [-0.39, 0.29) is 0 Å². The van der Waals surface area contributed by atoms with Crippen molar-refractivity contribution in [1.82, 2.24) is 9.88 Å². The molecule has 2 heteroatoms. The van der Waals surface area contributed by atoms with Gasteiger partial charge < -0.3 is 9.88 Å². The first-order valence-electron chi connectivity index (χ1n) is 8.06. The van der Waals surface area contributed by atoms with Gasteiger partial charge in [0.2, 0.25) is 0 Å². The van der Waals surface area contributed by atoms with E-state index in [2.05, 4.69) is 40.3 Å². The normalized spacial score (nSPS) is 28.6. The van der Waals surface area contributed by atoms with Crippen LogP contribution in [-0.4, -0.2) is 11.6 Å². The second-order valence-corrected chi connectivity index (χ2v) is 6.83. The highest BCUT2D eigenvalue weighted by Gasteiger charge is 2.39. The molecule has 0 amide bonds. The van der Waals surface area contributed by atoms with Crippen molar-refractivity contribution < 1.29 is 0 Å². The molecule has 3 atom stereocenters. The van der Waals surface area contributed by atoms with Crippen LogP contribution in [0.5, 0.6) is 0 Å². The summed E-state index contributed by atoms with van der Waals surface area (Å²) in [5, 5.41) is 4.62. The van der Waals surface area contributed by atoms with Crippen LogP contribution in [0.15, 0.2) is 30.5 Å². The molecule has 2 aliphatic carbocycles. The predicted octanol–water partition coefficient (Wildman–Crippen LogP) is 3.80. The van der Waals surface area contributed by atoms with Gasteiger partial charge in [0.15, 0.2) is 0 Å². The fourth-order valence-electron chi connectivity index (χ4n) is 4.58. The van der Waals surface area contributed by atoms with Crippen LogP contribution in [0.2, 0.25) is 0 Å². The molecule has 0 spiro atoms. The molecule has 1 aromatic heterocycles. The van der Waals surface area contributed by atoms with Crippen molar-refractivity contribution >= 4 is 10.9 Å². The van der Waals surface area contributed by atoms with Crippen LogP contribution in [0.25, 0.3) is 10.9 Å². The topological polar surface area (TPSA) is 17.0 Å². The lowest BCUT2D eigenvalue weighted by Gasteiger charge is -2.22. The lowest BCUT2D eigenvalue weighted by Crippen LogP contribution is -2.16. The van der Waals surface area contributed by atoms with E-state index in [0.29, 0.717) is 0 Å². The number of hydrogen-bond donors (Lipinski definition) is 1. The number of benzene rings is 1. The quantitative estimate of drug-likeness (QED) is 0.892. The van der Waals surface area contributed by atoms with Gasteiger partial charge in [-0.15, -0.1) is 0 Å². The van der Waals surface area contributed by atoms with Crippen molar-refractivity contribution in [2.45, 2.75) is 38.8 Å². The fourth-order valence-corrected chi connectivity index (χ4v) is 4.58. The Labute approximate surface area is 121 Å². The van der Waals surface area contributed by atoms with E-state index in [1.165, 1.54) is 48.7 Å². The maximum Gasteiger partial charge on any atom is 0.0480 e. The smallest absolute Gasteiger partial charge is 0.0480 e. The highest BCUT2D eigenvalue weighted by atomic mass is 15.0. The van der Waals surface area contributed by atoms with Crippen LogP contribution in [0.4, 0.5) is 0 Å². The van der Waals surface area contributed by atoms with Gasteiger partial charge in [0.1, 0.15) is 0 Å². The van der Waals surface area contributed by atoms with E-state index in [9.17, 15) is 0 Å². The summed E-state index contributed by atoms with van der Waals surface area (Å²) < 4.78 is 2.49. The first kappa shape index (κ1) is 12.5. The van der Waals surface area contributed by atoms with Gasteiger partial charge in [0.25, 0.3) is 0 Å². The van der Waals surface area contributed by atoms with Gasteiger partial charge in [-0.1, -0.05) is 12.5 Å². The van der Waals surface area contributed by atoms with E-state index in [1.807, 2.05) is 7.05 Å². The Bertz CT molecular complexity index is 613. The molecule has 2 bridgehead atoms. The molecule has 2 saturated carbocycles. The summed E-state index contributed by atoms with van der Waals surface area (Å²) in [5.74, 6) is 3.00. The Morgan fingerprint density at radius 1 is 1.20 bits per heavy atom. The maximum atomic E-state index is 3.23. The fraction of sp³-hybridized carbons (Fsp3) is 0.556. The van der Waals surface area contributed by atoms with Crippen molar-refractivity contribution in [3.05, 3.63) is 36.0 Å². The minimum Gasteiger partial charge on any atom is -0.347 e. The molecular formula is C18H24N2. The molecule has 106 valence electrons. The van der Waals surface area contributed by atoms with Crippen LogP contribution < -0.4 is 5.32 Å². The van der Waals surface area contributed by atoms with E-state index in [4.69, 9.17) is 0 Å². The zero-order valence-electron chi connectivity index (χ0n) is 12.3. The first-order valence-corrected chi connectivity index (χ1v) is 8.06. The van der Waals surface area contributed by atoms with Gasteiger partial charge in [0, 0.05) is 24.8 Å². The summed E-state index contributed by atoms with van der Waals surface area (Å²) in [5.41, 5.74) is 2.78. The number of rotatable bonds is 4. The van der Waals surface area contributed by atoms with Gasteiger partial charge in [-0.2, -0.15) is 0 Å². The molecule has 20 heavy (non-hydrogen) atoms. The van der Waals surface area contributed by atoms with E-state index in [0.717, 1.165) is 24.3 Å². The largest absolute Gasteiger partial charge is 0.347 e. The lowest BCUT2D eigenvalue weighted by molar-refractivity contribution is 0.299. The predicted molar refractivity (Wildman–Crippen MR) is 83.6 cm³/mol.